The Hall–Kier alpha value is -4.39. The molecule has 0 saturated heterocycles. The molecular formula is C30H25F3N2O2. The van der Waals surface area contributed by atoms with Crippen LogP contribution in [0.4, 0.5) is 13.2 Å². The third-order valence-corrected chi connectivity index (χ3v) is 6.33. The molecule has 2 amide bonds. The Bertz CT molecular complexity index is 1240. The molecule has 37 heavy (non-hydrogen) atoms. The van der Waals surface area contributed by atoms with Gasteiger partial charge in [-0.2, -0.15) is 13.2 Å². The van der Waals surface area contributed by atoms with E-state index in [1.807, 2.05) is 91.0 Å². The Morgan fingerprint density at radius 2 is 1.05 bits per heavy atom. The number of rotatable bonds is 8. The van der Waals surface area contributed by atoms with Crippen molar-refractivity contribution in [2.75, 3.05) is 0 Å². The summed E-state index contributed by atoms with van der Waals surface area (Å²) in [5.41, 5.74) is 6.02. The maximum absolute atomic E-state index is 14.3. The second kappa shape index (κ2) is 10.7. The average molecular weight is 503 g/mol. The summed E-state index contributed by atoms with van der Waals surface area (Å²) in [5, 5.41) is 2.81. The summed E-state index contributed by atoms with van der Waals surface area (Å²) >= 11 is 0. The highest BCUT2D eigenvalue weighted by molar-refractivity contribution is 5.98. The molecule has 0 aliphatic rings. The lowest BCUT2D eigenvalue weighted by Gasteiger charge is -2.35. The molecule has 4 aromatic rings. The van der Waals surface area contributed by atoms with Crippen LogP contribution < -0.4 is 11.1 Å². The predicted octanol–water partition coefficient (Wildman–Crippen LogP) is 5.25. The lowest BCUT2D eigenvalue weighted by Crippen LogP contribution is -2.54. The molecule has 0 saturated carbocycles. The van der Waals surface area contributed by atoms with Crippen LogP contribution >= 0.6 is 0 Å². The minimum absolute atomic E-state index is 0.0618. The number of hydrogen-bond donors (Lipinski definition) is 2. The number of nitrogens with two attached hydrogens (primary N) is 1. The zero-order valence-corrected chi connectivity index (χ0v) is 19.8. The van der Waals surface area contributed by atoms with Gasteiger partial charge in [-0.25, -0.2) is 0 Å². The van der Waals surface area contributed by atoms with Gasteiger partial charge in [-0.1, -0.05) is 103 Å². The van der Waals surface area contributed by atoms with Gasteiger partial charge in [0.25, 0.3) is 0 Å². The lowest BCUT2D eigenvalue weighted by atomic mass is 9.68. The molecule has 188 valence electrons. The van der Waals surface area contributed by atoms with E-state index in [0.29, 0.717) is 22.3 Å². The standard InChI is InChI=1S/C30H25F3N2O2/c31-30(32,33)25-18-16-21(17-19-25)20-26(27(34)36)35-28(37)29(22-10-4-1-5-11-22,23-12-6-2-7-13-23)24-14-8-3-9-15-24/h1-19,26H,20H2,(H2,34,36)(H,35,37)/t26-/m1/s1. The van der Waals surface area contributed by atoms with Crippen LogP contribution in [0.15, 0.2) is 115 Å². The highest BCUT2D eigenvalue weighted by Crippen LogP contribution is 2.39. The van der Waals surface area contributed by atoms with Crippen LogP contribution in [0.3, 0.4) is 0 Å². The van der Waals surface area contributed by atoms with Crippen molar-refractivity contribution < 1.29 is 22.8 Å². The quantitative estimate of drug-likeness (QED) is 0.323. The fourth-order valence-corrected chi connectivity index (χ4v) is 4.51. The first-order chi connectivity index (χ1) is 17.7. The van der Waals surface area contributed by atoms with E-state index in [2.05, 4.69) is 5.32 Å². The fourth-order valence-electron chi connectivity index (χ4n) is 4.51. The molecule has 7 heteroatoms. The van der Waals surface area contributed by atoms with Crippen LogP contribution in [0.2, 0.25) is 0 Å². The van der Waals surface area contributed by atoms with Crippen LogP contribution in [0.25, 0.3) is 0 Å². The Labute approximate surface area is 213 Å². The number of carbonyl (C=O) groups is 2. The third kappa shape index (κ3) is 5.40. The van der Waals surface area contributed by atoms with Gasteiger partial charge in [0.1, 0.15) is 11.5 Å². The smallest absolute Gasteiger partial charge is 0.368 e. The molecular weight excluding hydrogens is 477 g/mol. The topological polar surface area (TPSA) is 72.2 Å². The molecule has 0 bridgehead atoms. The molecule has 0 fully saturated rings. The van der Waals surface area contributed by atoms with E-state index in [9.17, 15) is 22.8 Å². The number of alkyl halides is 3. The Morgan fingerprint density at radius 1 is 0.649 bits per heavy atom. The van der Waals surface area contributed by atoms with Gasteiger partial charge >= 0.3 is 6.18 Å². The van der Waals surface area contributed by atoms with E-state index in [0.717, 1.165) is 12.1 Å². The predicted molar refractivity (Wildman–Crippen MR) is 135 cm³/mol. The van der Waals surface area contributed by atoms with Gasteiger partial charge in [-0.3, -0.25) is 9.59 Å². The normalized spacial score (nSPS) is 12.5. The summed E-state index contributed by atoms with van der Waals surface area (Å²) in [6.45, 7) is 0. The first-order valence-electron chi connectivity index (χ1n) is 11.7. The van der Waals surface area contributed by atoms with E-state index >= 15 is 0 Å². The van der Waals surface area contributed by atoms with Gasteiger partial charge in [0.05, 0.1) is 5.56 Å². The van der Waals surface area contributed by atoms with E-state index < -0.39 is 35.0 Å². The van der Waals surface area contributed by atoms with E-state index in [1.54, 1.807) is 0 Å². The number of amides is 2. The molecule has 4 nitrogen and oxygen atoms in total. The zero-order valence-electron chi connectivity index (χ0n) is 19.8. The van der Waals surface area contributed by atoms with E-state index in [-0.39, 0.29) is 6.42 Å². The minimum Gasteiger partial charge on any atom is -0.368 e. The van der Waals surface area contributed by atoms with Gasteiger partial charge in [0, 0.05) is 6.42 Å². The summed E-state index contributed by atoms with van der Waals surface area (Å²) in [5.74, 6) is -1.27. The van der Waals surface area contributed by atoms with Gasteiger partial charge in [-0.05, 0) is 34.4 Å². The maximum Gasteiger partial charge on any atom is 0.416 e. The van der Waals surface area contributed by atoms with Crippen molar-refractivity contribution in [1.82, 2.24) is 5.32 Å². The van der Waals surface area contributed by atoms with Gasteiger partial charge in [0.15, 0.2) is 0 Å². The summed E-state index contributed by atoms with van der Waals surface area (Å²) in [6, 6.07) is 30.9. The van der Waals surface area contributed by atoms with Gasteiger partial charge < -0.3 is 11.1 Å². The first kappa shape index (κ1) is 25.7. The van der Waals surface area contributed by atoms with Crippen molar-refractivity contribution >= 4 is 11.8 Å². The Kier molecular flexibility index (Phi) is 7.43. The molecule has 0 unspecified atom stereocenters. The molecule has 1 atom stereocenters. The zero-order chi connectivity index (χ0) is 26.5. The second-order valence-electron chi connectivity index (χ2n) is 8.68. The summed E-state index contributed by atoms with van der Waals surface area (Å²) in [6.07, 6.45) is -4.54. The lowest BCUT2D eigenvalue weighted by molar-refractivity contribution is -0.137. The van der Waals surface area contributed by atoms with Crippen LogP contribution in [-0.2, 0) is 27.6 Å². The molecule has 0 aromatic heterocycles. The molecule has 0 aliphatic carbocycles. The van der Waals surface area contributed by atoms with Gasteiger partial charge in [0.2, 0.25) is 11.8 Å². The van der Waals surface area contributed by atoms with Crippen LogP contribution in [0.5, 0.6) is 0 Å². The van der Waals surface area contributed by atoms with Crippen LogP contribution in [-0.4, -0.2) is 17.9 Å². The van der Waals surface area contributed by atoms with Crippen molar-refractivity contribution in [2.45, 2.75) is 24.1 Å². The minimum atomic E-state index is -4.48. The van der Waals surface area contributed by atoms with Crippen LogP contribution in [0.1, 0.15) is 27.8 Å². The third-order valence-electron chi connectivity index (χ3n) is 6.33. The Balaban J connectivity index is 1.77. The fraction of sp³-hybridized carbons (Fsp3) is 0.133. The number of benzene rings is 4. The van der Waals surface area contributed by atoms with Crippen molar-refractivity contribution in [3.63, 3.8) is 0 Å². The average Bonchev–Trinajstić information content (AvgIpc) is 2.90. The van der Waals surface area contributed by atoms with E-state index in [4.69, 9.17) is 5.73 Å². The number of nitrogens with one attached hydrogen (secondary N) is 1. The molecule has 0 aliphatic heterocycles. The number of primary amides is 1. The Morgan fingerprint density at radius 3 is 1.41 bits per heavy atom. The largest absolute Gasteiger partial charge is 0.416 e. The highest BCUT2D eigenvalue weighted by atomic mass is 19.4. The SMILES string of the molecule is NC(=O)[C@@H](Cc1ccc(C(F)(F)F)cc1)NC(=O)C(c1ccccc1)(c1ccccc1)c1ccccc1. The number of halogens is 3. The van der Waals surface area contributed by atoms with Crippen molar-refractivity contribution in [2.24, 2.45) is 5.73 Å². The van der Waals surface area contributed by atoms with Gasteiger partial charge in [-0.15, -0.1) is 0 Å². The number of carbonyl (C=O) groups excluding carboxylic acids is 2. The van der Waals surface area contributed by atoms with Crippen molar-refractivity contribution in [1.29, 1.82) is 0 Å². The number of hydrogen-bond acceptors (Lipinski definition) is 2. The molecule has 4 aromatic carbocycles. The van der Waals surface area contributed by atoms with Crippen molar-refractivity contribution in [3.8, 4) is 0 Å². The summed E-state index contributed by atoms with van der Waals surface area (Å²) < 4.78 is 38.9. The summed E-state index contributed by atoms with van der Waals surface area (Å²) in [7, 11) is 0. The summed E-state index contributed by atoms with van der Waals surface area (Å²) in [4.78, 5) is 26.7. The molecule has 3 N–H and O–H groups in total. The molecule has 0 radical (unpaired) electrons. The molecule has 0 spiro atoms. The van der Waals surface area contributed by atoms with Crippen molar-refractivity contribution in [3.05, 3.63) is 143 Å². The first-order valence-corrected chi connectivity index (χ1v) is 11.7. The molecule has 4 rings (SSSR count). The molecule has 0 heterocycles. The maximum atomic E-state index is 14.3. The van der Waals surface area contributed by atoms with Crippen LogP contribution in [0, 0.1) is 0 Å². The monoisotopic (exact) mass is 502 g/mol. The van der Waals surface area contributed by atoms with E-state index in [1.165, 1.54) is 12.1 Å². The highest BCUT2D eigenvalue weighted by Gasteiger charge is 2.44. The second-order valence-corrected chi connectivity index (χ2v) is 8.68.